The molecule has 182 valence electrons. The minimum atomic E-state index is -5.63. The van der Waals surface area contributed by atoms with E-state index in [1.165, 1.54) is 0 Å². The lowest BCUT2D eigenvalue weighted by atomic mass is 10.1. The first-order valence-electron chi connectivity index (χ1n) is 9.73. The molecule has 0 atom stereocenters. The summed E-state index contributed by atoms with van der Waals surface area (Å²) in [5.41, 5.74) is -0.479. The van der Waals surface area contributed by atoms with E-state index in [1.54, 1.807) is 54.1 Å². The van der Waals surface area contributed by atoms with Crippen molar-refractivity contribution in [2.75, 3.05) is 5.43 Å². The molecule has 0 spiro atoms. The summed E-state index contributed by atoms with van der Waals surface area (Å²) in [4.78, 5) is 0. The molecule has 0 radical (unpaired) electrons. The van der Waals surface area contributed by atoms with E-state index < -0.39 is 40.7 Å². The van der Waals surface area contributed by atoms with Crippen molar-refractivity contribution in [1.82, 2.24) is 4.57 Å². The largest absolute Gasteiger partial charge is 0.422 e. The fraction of sp³-hybridized carbons (Fsp3) is 0.0870. The zero-order chi connectivity index (χ0) is 25.5. The van der Waals surface area contributed by atoms with Crippen molar-refractivity contribution in [3.8, 4) is 0 Å². The normalized spacial score (nSPS) is 12.1. The quantitative estimate of drug-likeness (QED) is 0.120. The second-order valence-electron chi connectivity index (χ2n) is 7.34. The molecule has 1 aromatic heterocycles. The van der Waals surface area contributed by atoms with Gasteiger partial charge in [-0.2, -0.15) is 18.3 Å². The minimum absolute atomic E-state index is 0.330. The van der Waals surface area contributed by atoms with E-state index in [-0.39, 0.29) is 0 Å². The van der Waals surface area contributed by atoms with E-state index in [0.29, 0.717) is 27.5 Å². The summed E-state index contributed by atoms with van der Waals surface area (Å²) in [6.45, 7) is 0.330. The second kappa shape index (κ2) is 9.43. The number of hydrogen-bond acceptors (Lipinski definition) is 2. The zero-order valence-corrected chi connectivity index (χ0v) is 18.7. The van der Waals surface area contributed by atoms with Crippen LogP contribution in [-0.2, 0) is 12.7 Å². The Hall–Kier alpha value is -3.24. The zero-order valence-electron chi connectivity index (χ0n) is 17.2. The van der Waals surface area contributed by atoms with E-state index in [2.05, 4.69) is 5.10 Å². The number of halogens is 9. The molecule has 0 unspecified atom stereocenters. The number of hydrazone groups is 1. The molecule has 4 rings (SSSR count). The van der Waals surface area contributed by atoms with Crippen LogP contribution in [0.2, 0.25) is 10.0 Å². The first-order chi connectivity index (χ1) is 16.5. The number of hydrogen-bond donors (Lipinski definition) is 1. The Morgan fingerprint density at radius 1 is 0.914 bits per heavy atom. The van der Waals surface area contributed by atoms with Crippen molar-refractivity contribution in [1.29, 1.82) is 0 Å². The third-order valence-corrected chi connectivity index (χ3v) is 5.69. The highest BCUT2D eigenvalue weighted by atomic mass is 35.5. The molecule has 0 saturated carbocycles. The van der Waals surface area contributed by atoms with Gasteiger partial charge in [-0.25, -0.2) is 17.6 Å². The summed E-state index contributed by atoms with van der Waals surface area (Å²) >= 11 is 12.2. The monoisotopic (exact) mass is 533 g/mol. The van der Waals surface area contributed by atoms with Crippen LogP contribution in [0.1, 0.15) is 16.7 Å². The number of fused-ring (bicyclic) bond motifs is 1. The second-order valence-corrected chi connectivity index (χ2v) is 8.18. The number of nitrogens with one attached hydrogen (secondary N) is 1. The highest BCUT2D eigenvalue weighted by Crippen LogP contribution is 2.38. The Balaban J connectivity index is 1.67. The Morgan fingerprint density at radius 3 is 2.20 bits per heavy atom. The molecule has 0 saturated heterocycles. The smallest absolute Gasteiger partial charge is 0.342 e. The van der Waals surface area contributed by atoms with Crippen molar-refractivity contribution in [2.45, 2.75) is 12.7 Å². The van der Waals surface area contributed by atoms with Crippen molar-refractivity contribution in [2.24, 2.45) is 5.10 Å². The fourth-order valence-corrected chi connectivity index (χ4v) is 3.96. The molecule has 12 heteroatoms. The molecule has 0 fully saturated rings. The van der Waals surface area contributed by atoms with Crippen LogP contribution < -0.4 is 5.43 Å². The summed E-state index contributed by atoms with van der Waals surface area (Å²) in [5, 5.41) is 5.14. The van der Waals surface area contributed by atoms with Gasteiger partial charge in [0.05, 0.1) is 6.21 Å². The molecule has 1 N–H and O–H groups in total. The Kier molecular flexibility index (Phi) is 6.70. The average molecular weight is 534 g/mol. The first kappa shape index (κ1) is 24.9. The summed E-state index contributed by atoms with van der Waals surface area (Å²) in [6, 6.07) is 12.0. The molecule has 0 aliphatic rings. The van der Waals surface area contributed by atoms with E-state index >= 15 is 0 Å². The summed E-state index contributed by atoms with van der Waals surface area (Å²) in [6.07, 6.45) is -2.89. The van der Waals surface area contributed by atoms with Gasteiger partial charge in [-0.3, -0.25) is 5.43 Å². The van der Waals surface area contributed by atoms with Gasteiger partial charge in [-0.05, 0) is 23.8 Å². The maximum absolute atomic E-state index is 14.1. The average Bonchev–Trinajstić information content (AvgIpc) is 3.13. The molecule has 0 amide bonds. The van der Waals surface area contributed by atoms with Gasteiger partial charge in [-0.15, -0.1) is 0 Å². The van der Waals surface area contributed by atoms with Crippen molar-refractivity contribution >= 4 is 46.0 Å². The van der Waals surface area contributed by atoms with Crippen LogP contribution in [0.25, 0.3) is 10.9 Å². The van der Waals surface area contributed by atoms with Gasteiger partial charge in [0.25, 0.3) is 0 Å². The van der Waals surface area contributed by atoms with Gasteiger partial charge in [0, 0.05) is 39.3 Å². The van der Waals surface area contributed by atoms with Gasteiger partial charge in [0.2, 0.25) is 0 Å². The maximum atomic E-state index is 14.1. The van der Waals surface area contributed by atoms with Crippen molar-refractivity contribution in [3.05, 3.63) is 98.7 Å². The molecular formula is C23H12Cl2F7N3. The highest BCUT2D eigenvalue weighted by molar-refractivity contribution is 6.35. The molecule has 3 nitrogen and oxygen atoms in total. The van der Waals surface area contributed by atoms with Crippen LogP contribution in [0.4, 0.5) is 36.4 Å². The third-order valence-electron chi connectivity index (χ3n) is 5.10. The topological polar surface area (TPSA) is 29.3 Å². The number of rotatable bonds is 5. The summed E-state index contributed by atoms with van der Waals surface area (Å²) in [7, 11) is 0. The molecular weight excluding hydrogens is 522 g/mol. The number of para-hydroxylation sites is 1. The molecule has 0 bridgehead atoms. The van der Waals surface area contributed by atoms with Crippen LogP contribution in [0.5, 0.6) is 0 Å². The Labute approximate surface area is 203 Å². The predicted octanol–water partition coefficient (Wildman–Crippen LogP) is 8.02. The van der Waals surface area contributed by atoms with Crippen LogP contribution in [0.3, 0.4) is 0 Å². The van der Waals surface area contributed by atoms with Gasteiger partial charge in [0.15, 0.2) is 23.3 Å². The summed E-state index contributed by atoms with van der Waals surface area (Å²) < 4.78 is 95.8. The highest BCUT2D eigenvalue weighted by Gasteiger charge is 2.42. The van der Waals surface area contributed by atoms with E-state index in [4.69, 9.17) is 23.2 Å². The van der Waals surface area contributed by atoms with Crippen LogP contribution in [0, 0.1) is 23.3 Å². The molecule has 0 aliphatic carbocycles. The molecule has 4 aromatic rings. The SMILES string of the molecule is Fc1c(F)c(C(F)(F)F)c(F)c(F)c1N/N=C/c1cn(Cc2ccc(Cl)cc2Cl)c2ccccc12. The van der Waals surface area contributed by atoms with Gasteiger partial charge in [0.1, 0.15) is 11.3 Å². The first-order valence-corrected chi connectivity index (χ1v) is 10.5. The van der Waals surface area contributed by atoms with Crippen molar-refractivity contribution < 1.29 is 30.7 Å². The number of anilines is 1. The van der Waals surface area contributed by atoms with Gasteiger partial charge in [-0.1, -0.05) is 47.5 Å². The van der Waals surface area contributed by atoms with Gasteiger partial charge >= 0.3 is 6.18 Å². The lowest BCUT2D eigenvalue weighted by Crippen LogP contribution is -2.16. The third kappa shape index (κ3) is 4.81. The van der Waals surface area contributed by atoms with E-state index in [0.717, 1.165) is 17.3 Å². The number of nitrogens with zero attached hydrogens (tertiary/aromatic N) is 2. The van der Waals surface area contributed by atoms with E-state index in [9.17, 15) is 30.7 Å². The Bertz CT molecular complexity index is 1430. The molecule has 0 aliphatic heterocycles. The molecule has 3 aromatic carbocycles. The Morgan fingerprint density at radius 2 is 1.57 bits per heavy atom. The molecule has 35 heavy (non-hydrogen) atoms. The van der Waals surface area contributed by atoms with Crippen molar-refractivity contribution in [3.63, 3.8) is 0 Å². The standard InChI is InChI=1S/C23H12Cl2F7N3/c24-13-6-5-11(15(25)7-13)9-35-10-12(14-3-1-2-4-16(14)35)8-33-34-22-20(28)18(26)17(23(30,31)32)19(27)21(22)29/h1-8,10,34H,9H2/b33-8+. The van der Waals surface area contributed by atoms with E-state index in [1.807, 2.05) is 4.57 Å². The maximum Gasteiger partial charge on any atom is 0.422 e. The van der Waals surface area contributed by atoms with Crippen LogP contribution in [0.15, 0.2) is 53.8 Å². The number of benzene rings is 3. The lowest BCUT2D eigenvalue weighted by molar-refractivity contribution is -0.143. The fourth-order valence-electron chi connectivity index (χ4n) is 3.49. The van der Waals surface area contributed by atoms with Crippen LogP contribution in [-0.4, -0.2) is 10.8 Å². The van der Waals surface area contributed by atoms with Gasteiger partial charge < -0.3 is 4.57 Å². The lowest BCUT2D eigenvalue weighted by Gasteiger charge is -2.13. The minimum Gasteiger partial charge on any atom is -0.342 e. The predicted molar refractivity (Wildman–Crippen MR) is 120 cm³/mol. The number of alkyl halides is 3. The van der Waals surface area contributed by atoms with Crippen LogP contribution >= 0.6 is 23.2 Å². The number of aromatic nitrogens is 1. The summed E-state index contributed by atoms with van der Waals surface area (Å²) in [5.74, 6) is -9.67. The molecule has 1 heterocycles.